The van der Waals surface area contributed by atoms with E-state index in [9.17, 15) is 0 Å². The minimum absolute atomic E-state index is 0.328. The summed E-state index contributed by atoms with van der Waals surface area (Å²) in [5, 5.41) is 4.67. The summed E-state index contributed by atoms with van der Waals surface area (Å²) in [5.74, 6) is 0.814. The molecular formula is C13H15ClN2O. The molecule has 1 aromatic heterocycles. The Morgan fingerprint density at radius 2 is 2.06 bits per heavy atom. The Kier molecular flexibility index (Phi) is 3.38. The van der Waals surface area contributed by atoms with Crippen molar-refractivity contribution in [2.45, 2.75) is 20.3 Å². The third-order valence-corrected chi connectivity index (χ3v) is 2.86. The van der Waals surface area contributed by atoms with Gasteiger partial charge in [-0.15, -0.1) is 0 Å². The van der Waals surface area contributed by atoms with Crippen LogP contribution in [0.4, 0.5) is 5.88 Å². The van der Waals surface area contributed by atoms with Crippen molar-refractivity contribution in [1.29, 1.82) is 0 Å². The minimum atomic E-state index is 0.328. The summed E-state index contributed by atoms with van der Waals surface area (Å²) in [4.78, 5) is 0. The van der Waals surface area contributed by atoms with Gasteiger partial charge in [0.25, 0.3) is 0 Å². The number of halogens is 1. The molecule has 17 heavy (non-hydrogen) atoms. The van der Waals surface area contributed by atoms with Gasteiger partial charge in [0.15, 0.2) is 0 Å². The number of anilines is 1. The first-order chi connectivity index (χ1) is 8.09. The van der Waals surface area contributed by atoms with E-state index in [2.05, 4.69) is 19.0 Å². The van der Waals surface area contributed by atoms with Crippen molar-refractivity contribution in [3.8, 4) is 11.1 Å². The summed E-state index contributed by atoms with van der Waals surface area (Å²) < 4.78 is 5.08. The van der Waals surface area contributed by atoms with Crippen LogP contribution in [0.15, 0.2) is 28.8 Å². The molecule has 0 spiro atoms. The molecule has 1 heterocycles. The number of rotatable bonds is 3. The lowest BCUT2D eigenvalue weighted by Gasteiger charge is -2.06. The molecule has 0 radical (unpaired) electrons. The second-order valence-electron chi connectivity index (χ2n) is 4.45. The first kappa shape index (κ1) is 12.0. The summed E-state index contributed by atoms with van der Waals surface area (Å²) in [6.45, 7) is 4.25. The number of hydrogen-bond donors (Lipinski definition) is 1. The number of nitrogens with zero attached hydrogens (tertiary/aromatic N) is 1. The van der Waals surface area contributed by atoms with E-state index in [1.165, 1.54) is 0 Å². The van der Waals surface area contributed by atoms with Crippen molar-refractivity contribution in [3.05, 3.63) is 35.0 Å². The van der Waals surface area contributed by atoms with Crippen molar-refractivity contribution >= 4 is 17.5 Å². The van der Waals surface area contributed by atoms with Crippen molar-refractivity contribution < 1.29 is 4.52 Å². The van der Waals surface area contributed by atoms with Gasteiger partial charge in [-0.25, -0.2) is 0 Å². The molecule has 1 aromatic carbocycles. The number of benzene rings is 1. The van der Waals surface area contributed by atoms with Gasteiger partial charge in [0.2, 0.25) is 5.88 Å². The lowest BCUT2D eigenvalue weighted by molar-refractivity contribution is 0.422. The zero-order valence-corrected chi connectivity index (χ0v) is 10.7. The van der Waals surface area contributed by atoms with E-state index in [0.717, 1.165) is 23.2 Å². The van der Waals surface area contributed by atoms with E-state index >= 15 is 0 Å². The van der Waals surface area contributed by atoms with Crippen molar-refractivity contribution in [1.82, 2.24) is 5.16 Å². The molecule has 0 fully saturated rings. The highest BCUT2D eigenvalue weighted by atomic mass is 35.5. The minimum Gasteiger partial charge on any atom is -0.367 e. The van der Waals surface area contributed by atoms with Gasteiger partial charge in [-0.3, -0.25) is 0 Å². The highest BCUT2D eigenvalue weighted by molar-refractivity contribution is 6.33. The second kappa shape index (κ2) is 4.80. The molecule has 0 saturated heterocycles. The van der Waals surface area contributed by atoms with Gasteiger partial charge in [0.05, 0.1) is 11.3 Å². The normalized spacial score (nSPS) is 11.1. The molecule has 0 amide bonds. The molecule has 0 aliphatic carbocycles. The van der Waals surface area contributed by atoms with Gasteiger partial charge in [0.1, 0.15) is 0 Å². The number of aromatic nitrogens is 1. The highest BCUT2D eigenvalue weighted by Crippen LogP contribution is 2.35. The van der Waals surface area contributed by atoms with E-state index < -0.39 is 0 Å². The molecule has 4 heteroatoms. The Labute approximate surface area is 106 Å². The monoisotopic (exact) mass is 250 g/mol. The molecule has 0 bridgehead atoms. The van der Waals surface area contributed by atoms with Crippen molar-refractivity contribution in [3.63, 3.8) is 0 Å². The van der Waals surface area contributed by atoms with Gasteiger partial charge in [-0.1, -0.05) is 48.8 Å². The van der Waals surface area contributed by atoms with Gasteiger partial charge >= 0.3 is 0 Å². The predicted octanol–water partition coefficient (Wildman–Crippen LogP) is 3.78. The zero-order chi connectivity index (χ0) is 12.4. The van der Waals surface area contributed by atoms with Gasteiger partial charge < -0.3 is 10.3 Å². The third kappa shape index (κ3) is 2.44. The number of nitrogen functional groups attached to an aromatic ring is 1. The second-order valence-corrected chi connectivity index (χ2v) is 4.85. The average Bonchev–Trinajstić information content (AvgIpc) is 2.60. The standard InChI is InChI=1S/C13H15ClN2O/c1-8(2)7-11-12(13(15)17-16-11)9-5-3-4-6-10(9)14/h3-6,8H,7,15H2,1-2H3. The largest absolute Gasteiger partial charge is 0.367 e. The maximum absolute atomic E-state index is 6.17. The molecule has 2 rings (SSSR count). The average molecular weight is 251 g/mol. The van der Waals surface area contributed by atoms with Crippen LogP contribution >= 0.6 is 11.6 Å². The molecular weight excluding hydrogens is 236 g/mol. The van der Waals surface area contributed by atoms with Crippen LogP contribution in [0.1, 0.15) is 19.5 Å². The fraction of sp³-hybridized carbons (Fsp3) is 0.308. The molecule has 0 saturated carbocycles. The van der Waals surface area contributed by atoms with Crippen LogP contribution in [0.25, 0.3) is 11.1 Å². The predicted molar refractivity (Wildman–Crippen MR) is 69.9 cm³/mol. The number of hydrogen-bond acceptors (Lipinski definition) is 3. The van der Waals surface area contributed by atoms with Crippen LogP contribution in [0.3, 0.4) is 0 Å². The van der Waals surface area contributed by atoms with E-state index in [0.29, 0.717) is 16.8 Å². The topological polar surface area (TPSA) is 52.0 Å². The van der Waals surface area contributed by atoms with E-state index in [1.807, 2.05) is 24.3 Å². The van der Waals surface area contributed by atoms with Crippen LogP contribution in [0.5, 0.6) is 0 Å². The van der Waals surface area contributed by atoms with E-state index in [-0.39, 0.29) is 0 Å². The molecule has 3 nitrogen and oxygen atoms in total. The first-order valence-electron chi connectivity index (χ1n) is 5.58. The molecule has 0 atom stereocenters. The highest BCUT2D eigenvalue weighted by Gasteiger charge is 2.18. The molecule has 2 N–H and O–H groups in total. The fourth-order valence-electron chi connectivity index (χ4n) is 1.82. The lowest BCUT2D eigenvalue weighted by atomic mass is 9.99. The molecule has 0 aliphatic rings. The molecule has 0 aliphatic heterocycles. The van der Waals surface area contributed by atoms with Crippen LogP contribution in [0, 0.1) is 5.92 Å². The quantitative estimate of drug-likeness (QED) is 0.902. The Morgan fingerprint density at radius 3 is 2.71 bits per heavy atom. The Balaban J connectivity index is 2.51. The van der Waals surface area contributed by atoms with Crippen molar-refractivity contribution in [2.75, 3.05) is 5.73 Å². The summed E-state index contributed by atoms with van der Waals surface area (Å²) >= 11 is 6.17. The number of nitrogens with two attached hydrogens (primary N) is 1. The van der Waals surface area contributed by atoms with Crippen LogP contribution in [0.2, 0.25) is 5.02 Å². The van der Waals surface area contributed by atoms with Crippen LogP contribution < -0.4 is 5.73 Å². The lowest BCUT2D eigenvalue weighted by Crippen LogP contribution is -1.97. The zero-order valence-electron chi connectivity index (χ0n) is 9.90. The van der Waals surface area contributed by atoms with Crippen LogP contribution in [-0.4, -0.2) is 5.16 Å². The van der Waals surface area contributed by atoms with Crippen molar-refractivity contribution in [2.24, 2.45) is 5.92 Å². The van der Waals surface area contributed by atoms with Crippen LogP contribution in [-0.2, 0) is 6.42 Å². The maximum atomic E-state index is 6.17. The molecule has 0 unspecified atom stereocenters. The summed E-state index contributed by atoms with van der Waals surface area (Å²) in [6, 6.07) is 7.57. The smallest absolute Gasteiger partial charge is 0.230 e. The first-order valence-corrected chi connectivity index (χ1v) is 5.96. The molecule has 90 valence electrons. The Hall–Kier alpha value is -1.48. The van der Waals surface area contributed by atoms with E-state index in [1.54, 1.807) is 0 Å². The summed E-state index contributed by atoms with van der Waals surface area (Å²) in [7, 11) is 0. The summed E-state index contributed by atoms with van der Waals surface area (Å²) in [6.07, 6.45) is 0.821. The van der Waals surface area contributed by atoms with Gasteiger partial charge in [-0.2, -0.15) is 0 Å². The Bertz CT molecular complexity index is 520. The van der Waals surface area contributed by atoms with E-state index in [4.69, 9.17) is 21.9 Å². The molecule has 2 aromatic rings. The van der Waals surface area contributed by atoms with Gasteiger partial charge in [0, 0.05) is 10.6 Å². The third-order valence-electron chi connectivity index (χ3n) is 2.53. The Morgan fingerprint density at radius 1 is 1.35 bits per heavy atom. The fourth-order valence-corrected chi connectivity index (χ4v) is 2.05. The van der Waals surface area contributed by atoms with Gasteiger partial charge in [-0.05, 0) is 18.4 Å². The SMILES string of the molecule is CC(C)Cc1noc(N)c1-c1ccccc1Cl. The summed E-state index contributed by atoms with van der Waals surface area (Å²) in [5.41, 5.74) is 8.40. The maximum Gasteiger partial charge on any atom is 0.230 e.